The van der Waals surface area contributed by atoms with E-state index in [1.807, 2.05) is 6.92 Å². The fraction of sp³-hybridized carbons (Fsp3) is 0.176. The molecule has 2 rings (SSSR count). The quantitative estimate of drug-likeness (QED) is 0.619. The molecule has 0 unspecified atom stereocenters. The maximum atomic E-state index is 11.8. The predicted molar refractivity (Wildman–Crippen MR) is 85.1 cm³/mol. The van der Waals surface area contributed by atoms with Gasteiger partial charge in [-0.1, -0.05) is 17.7 Å². The van der Waals surface area contributed by atoms with E-state index in [0.29, 0.717) is 16.3 Å². The highest BCUT2D eigenvalue weighted by molar-refractivity contribution is 6.31. The Kier molecular flexibility index (Phi) is 5.60. The lowest BCUT2D eigenvalue weighted by Crippen LogP contribution is -2.18. The average Bonchev–Trinajstić information content (AvgIpc) is 2.55. The highest BCUT2D eigenvalue weighted by Crippen LogP contribution is 2.21. The molecule has 0 fully saturated rings. The third-order valence-corrected chi connectivity index (χ3v) is 3.40. The zero-order chi connectivity index (χ0) is 16.8. The lowest BCUT2D eigenvalue weighted by atomic mass is 10.2. The number of carbonyl (C=O) groups is 2. The van der Waals surface area contributed by atoms with Gasteiger partial charge in [-0.25, -0.2) is 9.59 Å². The Hall–Kier alpha value is -2.53. The Balaban J connectivity index is 1.94. The largest absolute Gasteiger partial charge is 0.482 e. The SMILES string of the molecule is COC(=O)c1cccc(OC(=O)COc2ccc(Cl)c(C)c2)c1. The summed E-state index contributed by atoms with van der Waals surface area (Å²) < 4.78 is 15.1. The number of halogens is 1. The van der Waals surface area contributed by atoms with Crippen LogP contribution in [-0.2, 0) is 9.53 Å². The first-order valence-electron chi connectivity index (χ1n) is 6.77. The number of carbonyl (C=O) groups excluding carboxylic acids is 2. The minimum atomic E-state index is -0.584. The molecule has 0 aliphatic heterocycles. The maximum absolute atomic E-state index is 11.8. The van der Waals surface area contributed by atoms with Crippen molar-refractivity contribution in [3.05, 3.63) is 58.6 Å². The first-order valence-corrected chi connectivity index (χ1v) is 7.15. The van der Waals surface area contributed by atoms with Crippen molar-refractivity contribution in [3.63, 3.8) is 0 Å². The number of rotatable bonds is 5. The summed E-state index contributed by atoms with van der Waals surface area (Å²) in [5, 5.41) is 0.625. The van der Waals surface area contributed by atoms with Crippen molar-refractivity contribution in [2.45, 2.75) is 6.92 Å². The first-order chi connectivity index (χ1) is 11.0. The van der Waals surface area contributed by atoms with Crippen LogP contribution in [0.4, 0.5) is 0 Å². The van der Waals surface area contributed by atoms with Crippen LogP contribution >= 0.6 is 11.6 Å². The summed E-state index contributed by atoms with van der Waals surface area (Å²) in [5.74, 6) is -0.323. The maximum Gasteiger partial charge on any atom is 0.349 e. The molecule has 0 N–H and O–H groups in total. The standard InChI is InChI=1S/C17H15ClO5/c1-11-8-13(6-7-15(11)18)22-10-16(19)23-14-5-3-4-12(9-14)17(20)21-2/h3-9H,10H2,1-2H3. The molecule has 5 nitrogen and oxygen atoms in total. The van der Waals surface area contributed by atoms with Gasteiger partial charge < -0.3 is 14.2 Å². The number of hydrogen-bond acceptors (Lipinski definition) is 5. The van der Waals surface area contributed by atoms with E-state index in [-0.39, 0.29) is 12.4 Å². The molecular weight excluding hydrogens is 320 g/mol. The van der Waals surface area contributed by atoms with E-state index in [9.17, 15) is 9.59 Å². The molecule has 0 aliphatic rings. The summed E-state index contributed by atoms with van der Waals surface area (Å²) in [6.45, 7) is 1.58. The van der Waals surface area contributed by atoms with E-state index in [1.54, 1.807) is 36.4 Å². The van der Waals surface area contributed by atoms with E-state index < -0.39 is 11.9 Å². The van der Waals surface area contributed by atoms with Gasteiger partial charge in [-0.2, -0.15) is 0 Å². The van der Waals surface area contributed by atoms with Crippen LogP contribution in [0, 0.1) is 6.92 Å². The monoisotopic (exact) mass is 334 g/mol. The van der Waals surface area contributed by atoms with Gasteiger partial charge in [-0.15, -0.1) is 0 Å². The molecule has 0 atom stereocenters. The Morgan fingerprint density at radius 3 is 2.57 bits per heavy atom. The van der Waals surface area contributed by atoms with Gasteiger partial charge in [0.2, 0.25) is 0 Å². The smallest absolute Gasteiger partial charge is 0.349 e. The van der Waals surface area contributed by atoms with Crippen LogP contribution in [-0.4, -0.2) is 25.7 Å². The second-order valence-electron chi connectivity index (χ2n) is 4.69. The summed E-state index contributed by atoms with van der Waals surface area (Å²) in [5.41, 5.74) is 1.15. The molecule has 0 aliphatic carbocycles. The third kappa shape index (κ3) is 4.72. The van der Waals surface area contributed by atoms with Crippen LogP contribution in [0.25, 0.3) is 0 Å². The molecule has 0 saturated heterocycles. The third-order valence-electron chi connectivity index (χ3n) is 2.97. The van der Waals surface area contributed by atoms with Crippen LogP contribution in [0.5, 0.6) is 11.5 Å². The summed E-state index contributed by atoms with van der Waals surface area (Å²) >= 11 is 5.92. The molecule has 0 aromatic heterocycles. The van der Waals surface area contributed by atoms with Crippen LogP contribution in [0.2, 0.25) is 5.02 Å². The van der Waals surface area contributed by atoms with Crippen LogP contribution < -0.4 is 9.47 Å². The van der Waals surface area contributed by atoms with Crippen molar-refractivity contribution in [1.82, 2.24) is 0 Å². The minimum absolute atomic E-state index is 0.244. The van der Waals surface area contributed by atoms with Gasteiger partial charge >= 0.3 is 11.9 Å². The molecule has 0 radical (unpaired) electrons. The van der Waals surface area contributed by atoms with Crippen LogP contribution in [0.1, 0.15) is 15.9 Å². The Bertz CT molecular complexity index is 727. The van der Waals surface area contributed by atoms with Crippen LogP contribution in [0.3, 0.4) is 0 Å². The highest BCUT2D eigenvalue weighted by atomic mass is 35.5. The summed E-state index contributed by atoms with van der Waals surface area (Å²) in [6.07, 6.45) is 0. The summed E-state index contributed by atoms with van der Waals surface area (Å²) in [4.78, 5) is 23.2. The van der Waals surface area contributed by atoms with Crippen molar-refractivity contribution in [1.29, 1.82) is 0 Å². The fourth-order valence-corrected chi connectivity index (χ4v) is 1.93. The second kappa shape index (κ2) is 7.65. The molecule has 0 saturated carbocycles. The number of benzene rings is 2. The minimum Gasteiger partial charge on any atom is -0.482 e. The number of aryl methyl sites for hydroxylation is 1. The fourth-order valence-electron chi connectivity index (χ4n) is 1.81. The molecule has 2 aromatic carbocycles. The lowest BCUT2D eigenvalue weighted by Gasteiger charge is -2.08. The normalized spacial score (nSPS) is 10.0. The van der Waals surface area contributed by atoms with Crippen molar-refractivity contribution in [2.75, 3.05) is 13.7 Å². The van der Waals surface area contributed by atoms with Gasteiger partial charge in [0.15, 0.2) is 6.61 Å². The molecule has 0 spiro atoms. The van der Waals surface area contributed by atoms with Gasteiger partial charge in [0.1, 0.15) is 11.5 Å². The first kappa shape index (κ1) is 16.8. The Morgan fingerprint density at radius 2 is 1.87 bits per heavy atom. The van der Waals surface area contributed by atoms with Gasteiger partial charge in [0.25, 0.3) is 0 Å². The predicted octanol–water partition coefficient (Wildman–Crippen LogP) is 3.42. The van der Waals surface area contributed by atoms with E-state index in [1.165, 1.54) is 13.2 Å². The summed E-state index contributed by atoms with van der Waals surface area (Å²) in [6, 6.07) is 11.2. The molecule has 2 aromatic rings. The van der Waals surface area contributed by atoms with E-state index in [0.717, 1.165) is 5.56 Å². The van der Waals surface area contributed by atoms with Gasteiger partial charge in [-0.3, -0.25) is 0 Å². The van der Waals surface area contributed by atoms with Gasteiger partial charge in [0.05, 0.1) is 12.7 Å². The zero-order valence-electron chi connectivity index (χ0n) is 12.7. The highest BCUT2D eigenvalue weighted by Gasteiger charge is 2.10. The average molecular weight is 335 g/mol. The topological polar surface area (TPSA) is 61.8 Å². The molecule has 6 heteroatoms. The number of hydrogen-bond donors (Lipinski definition) is 0. The molecular formula is C17H15ClO5. The second-order valence-corrected chi connectivity index (χ2v) is 5.10. The molecule has 0 heterocycles. The van der Waals surface area contributed by atoms with E-state index in [4.69, 9.17) is 21.1 Å². The number of methoxy groups -OCH3 is 1. The molecule has 0 bridgehead atoms. The Labute approximate surface area is 138 Å². The number of ether oxygens (including phenoxy) is 3. The van der Waals surface area contributed by atoms with Crippen molar-refractivity contribution >= 4 is 23.5 Å². The van der Waals surface area contributed by atoms with E-state index in [2.05, 4.69) is 4.74 Å². The lowest BCUT2D eigenvalue weighted by molar-refractivity contribution is -0.136. The van der Waals surface area contributed by atoms with E-state index >= 15 is 0 Å². The van der Waals surface area contributed by atoms with Crippen LogP contribution in [0.15, 0.2) is 42.5 Å². The van der Waals surface area contributed by atoms with Gasteiger partial charge in [-0.05, 0) is 48.9 Å². The number of esters is 2. The van der Waals surface area contributed by atoms with Crippen molar-refractivity contribution in [3.8, 4) is 11.5 Å². The molecule has 23 heavy (non-hydrogen) atoms. The molecule has 0 amide bonds. The van der Waals surface area contributed by atoms with Gasteiger partial charge in [0, 0.05) is 5.02 Å². The molecule has 120 valence electrons. The van der Waals surface area contributed by atoms with Crippen molar-refractivity contribution < 1.29 is 23.8 Å². The van der Waals surface area contributed by atoms with Crippen molar-refractivity contribution in [2.24, 2.45) is 0 Å². The zero-order valence-corrected chi connectivity index (χ0v) is 13.4. The summed E-state index contributed by atoms with van der Waals surface area (Å²) in [7, 11) is 1.28. The Morgan fingerprint density at radius 1 is 1.09 bits per heavy atom.